The number of carbonyl (C=O) groups excluding carboxylic acids is 1. The molecule has 0 amide bonds. The van der Waals surface area contributed by atoms with E-state index in [1.54, 1.807) is 6.08 Å². The molecule has 0 spiro atoms. The van der Waals surface area contributed by atoms with Crippen LogP contribution in [0.1, 0.15) is 72.6 Å². The summed E-state index contributed by atoms with van der Waals surface area (Å²) in [6.07, 6.45) is 11.4. The van der Waals surface area contributed by atoms with Crippen LogP contribution in [0.5, 0.6) is 0 Å². The van der Waals surface area contributed by atoms with Gasteiger partial charge in [-0.15, -0.1) is 0 Å². The van der Waals surface area contributed by atoms with Crippen LogP contribution in [0.15, 0.2) is 23.8 Å². The minimum absolute atomic E-state index is 0.415. The predicted molar refractivity (Wildman–Crippen MR) is 90.1 cm³/mol. The van der Waals surface area contributed by atoms with Gasteiger partial charge in [-0.3, -0.25) is 4.79 Å². The molecule has 0 heterocycles. The second kappa shape index (κ2) is 6.10. The molecule has 0 radical (unpaired) electrons. The predicted octanol–water partition coefficient (Wildman–Crippen LogP) is 5.71. The maximum absolute atomic E-state index is 10.6. The fourth-order valence-corrected chi connectivity index (χ4v) is 5.38. The minimum Gasteiger partial charge on any atom is -0.299 e. The molecular formula is C20H32O. The van der Waals surface area contributed by atoms with Crippen molar-refractivity contribution in [3.8, 4) is 0 Å². The lowest BCUT2D eigenvalue weighted by atomic mass is 9.47. The van der Waals surface area contributed by atoms with E-state index in [9.17, 15) is 4.79 Å². The highest BCUT2D eigenvalue weighted by Gasteiger charge is 2.52. The number of allylic oxidation sites excluding steroid dienone is 3. The second-order valence-corrected chi connectivity index (χ2v) is 8.34. The zero-order valence-corrected chi connectivity index (χ0v) is 14.4. The molecular weight excluding hydrogens is 256 g/mol. The van der Waals surface area contributed by atoms with E-state index in [2.05, 4.69) is 34.3 Å². The van der Waals surface area contributed by atoms with Gasteiger partial charge in [0, 0.05) is 0 Å². The number of aldehydes is 1. The lowest BCUT2D eigenvalue weighted by molar-refractivity contribution is -0.104. The first kappa shape index (κ1) is 16.5. The van der Waals surface area contributed by atoms with E-state index in [0.717, 1.165) is 25.0 Å². The van der Waals surface area contributed by atoms with Crippen molar-refractivity contribution in [1.29, 1.82) is 0 Å². The smallest absolute Gasteiger partial charge is 0.142 e. The summed E-state index contributed by atoms with van der Waals surface area (Å²) in [5.74, 6) is 1.45. The molecule has 0 aliphatic heterocycles. The number of rotatable bonds is 4. The Balaban J connectivity index is 2.19. The summed E-state index contributed by atoms with van der Waals surface area (Å²) in [5, 5.41) is 0. The molecule has 2 aliphatic rings. The topological polar surface area (TPSA) is 17.1 Å². The van der Waals surface area contributed by atoms with Crippen LogP contribution in [-0.4, -0.2) is 6.29 Å². The normalized spacial score (nSPS) is 36.2. The van der Waals surface area contributed by atoms with E-state index < -0.39 is 0 Å². The van der Waals surface area contributed by atoms with Crippen LogP contribution in [0.25, 0.3) is 0 Å². The Hall–Kier alpha value is -0.850. The monoisotopic (exact) mass is 288 g/mol. The number of fused-ring (bicyclic) bond motifs is 1. The maximum Gasteiger partial charge on any atom is 0.142 e. The lowest BCUT2D eigenvalue weighted by Gasteiger charge is -2.58. The molecule has 0 N–H and O–H groups in total. The van der Waals surface area contributed by atoms with Gasteiger partial charge in [0.1, 0.15) is 6.29 Å². The number of hydrogen-bond donors (Lipinski definition) is 0. The molecule has 21 heavy (non-hydrogen) atoms. The van der Waals surface area contributed by atoms with Crippen molar-refractivity contribution in [2.24, 2.45) is 22.7 Å². The zero-order chi connectivity index (χ0) is 15.7. The molecule has 1 heteroatoms. The Kier molecular flexibility index (Phi) is 4.80. The Morgan fingerprint density at radius 1 is 1.33 bits per heavy atom. The SMILES string of the molecule is C=C1CCC2C(C)(C)CCC[C@]2(C)[C@H]1CCC(C)=CC=O. The highest BCUT2D eigenvalue weighted by molar-refractivity contribution is 5.65. The minimum atomic E-state index is 0.415. The van der Waals surface area contributed by atoms with Crippen molar-refractivity contribution in [3.05, 3.63) is 23.8 Å². The summed E-state index contributed by atoms with van der Waals surface area (Å²) in [4.78, 5) is 10.6. The van der Waals surface area contributed by atoms with Crippen molar-refractivity contribution >= 4 is 6.29 Å². The first-order valence-electron chi connectivity index (χ1n) is 8.60. The van der Waals surface area contributed by atoms with Gasteiger partial charge in [-0.2, -0.15) is 0 Å². The molecule has 2 saturated carbocycles. The van der Waals surface area contributed by atoms with E-state index in [0.29, 0.717) is 16.7 Å². The quantitative estimate of drug-likeness (QED) is 0.368. The van der Waals surface area contributed by atoms with Gasteiger partial charge in [-0.1, -0.05) is 44.9 Å². The summed E-state index contributed by atoms with van der Waals surface area (Å²) >= 11 is 0. The van der Waals surface area contributed by atoms with Gasteiger partial charge >= 0.3 is 0 Å². The Morgan fingerprint density at radius 3 is 2.71 bits per heavy atom. The molecule has 2 fully saturated rings. The average molecular weight is 288 g/mol. The highest BCUT2D eigenvalue weighted by Crippen LogP contribution is 2.61. The summed E-state index contributed by atoms with van der Waals surface area (Å²) in [5.41, 5.74) is 3.56. The first-order chi connectivity index (χ1) is 9.81. The average Bonchev–Trinajstić information content (AvgIpc) is 2.37. The molecule has 0 aromatic carbocycles. The molecule has 118 valence electrons. The molecule has 0 bridgehead atoms. The first-order valence-corrected chi connectivity index (χ1v) is 8.60. The van der Waals surface area contributed by atoms with Gasteiger partial charge in [0.15, 0.2) is 0 Å². The maximum atomic E-state index is 10.6. The molecule has 2 aliphatic carbocycles. The van der Waals surface area contributed by atoms with Crippen molar-refractivity contribution in [2.75, 3.05) is 0 Å². The fraction of sp³-hybridized carbons (Fsp3) is 0.750. The largest absolute Gasteiger partial charge is 0.299 e. The van der Waals surface area contributed by atoms with Crippen molar-refractivity contribution in [2.45, 2.75) is 72.6 Å². The zero-order valence-electron chi connectivity index (χ0n) is 14.4. The van der Waals surface area contributed by atoms with Gasteiger partial charge in [0.05, 0.1) is 0 Å². The van der Waals surface area contributed by atoms with Crippen LogP contribution in [0.3, 0.4) is 0 Å². The molecule has 2 rings (SSSR count). The highest BCUT2D eigenvalue weighted by atomic mass is 16.1. The fourth-order valence-electron chi connectivity index (χ4n) is 5.38. The van der Waals surface area contributed by atoms with Crippen molar-refractivity contribution < 1.29 is 4.79 Å². The molecule has 0 saturated heterocycles. The third kappa shape index (κ3) is 3.17. The van der Waals surface area contributed by atoms with E-state index >= 15 is 0 Å². The van der Waals surface area contributed by atoms with E-state index in [1.807, 2.05) is 0 Å². The van der Waals surface area contributed by atoms with Gasteiger partial charge < -0.3 is 0 Å². The van der Waals surface area contributed by atoms with Gasteiger partial charge in [0.25, 0.3) is 0 Å². The second-order valence-electron chi connectivity index (χ2n) is 8.34. The number of carbonyl (C=O) groups is 1. The van der Waals surface area contributed by atoms with E-state index in [-0.39, 0.29) is 0 Å². The van der Waals surface area contributed by atoms with Crippen LogP contribution >= 0.6 is 0 Å². The standard InChI is InChI=1S/C20H32O/c1-15(11-14-21)7-9-17-16(2)8-10-18-19(3,4)12-6-13-20(17,18)5/h11,14,17-18H,2,6-10,12-13H2,1,3-5H3/t17-,18?,20+/m0/s1. The van der Waals surface area contributed by atoms with Gasteiger partial charge in [-0.25, -0.2) is 0 Å². The van der Waals surface area contributed by atoms with Crippen molar-refractivity contribution in [3.63, 3.8) is 0 Å². The molecule has 1 unspecified atom stereocenters. The van der Waals surface area contributed by atoms with Crippen LogP contribution in [-0.2, 0) is 4.79 Å². The summed E-state index contributed by atoms with van der Waals surface area (Å²) < 4.78 is 0. The van der Waals surface area contributed by atoms with E-state index in [1.165, 1.54) is 43.3 Å². The van der Waals surface area contributed by atoms with Crippen LogP contribution < -0.4 is 0 Å². The Labute approximate surface area is 130 Å². The number of hydrogen-bond acceptors (Lipinski definition) is 1. The molecule has 0 aromatic rings. The van der Waals surface area contributed by atoms with Gasteiger partial charge in [-0.05, 0) is 74.2 Å². The van der Waals surface area contributed by atoms with Crippen LogP contribution in [0.2, 0.25) is 0 Å². The summed E-state index contributed by atoms with van der Waals surface area (Å²) in [6.45, 7) is 13.9. The summed E-state index contributed by atoms with van der Waals surface area (Å²) in [6, 6.07) is 0. The molecule has 0 aromatic heterocycles. The van der Waals surface area contributed by atoms with Crippen LogP contribution in [0.4, 0.5) is 0 Å². The third-order valence-corrected chi connectivity index (χ3v) is 6.50. The van der Waals surface area contributed by atoms with Crippen molar-refractivity contribution in [1.82, 2.24) is 0 Å². The van der Waals surface area contributed by atoms with Crippen LogP contribution in [0, 0.1) is 22.7 Å². The molecule has 1 nitrogen and oxygen atoms in total. The Bertz CT molecular complexity index is 443. The summed E-state index contributed by atoms with van der Waals surface area (Å²) in [7, 11) is 0. The lowest BCUT2D eigenvalue weighted by Crippen LogP contribution is -2.49. The van der Waals surface area contributed by atoms with Gasteiger partial charge in [0.2, 0.25) is 0 Å². The molecule has 3 atom stereocenters. The van der Waals surface area contributed by atoms with E-state index in [4.69, 9.17) is 0 Å². The Morgan fingerprint density at radius 2 is 2.05 bits per heavy atom. The third-order valence-electron chi connectivity index (χ3n) is 6.50.